The molecule has 0 aliphatic heterocycles. The van der Waals surface area contributed by atoms with Crippen LogP contribution in [0.1, 0.15) is 30.5 Å². The lowest BCUT2D eigenvalue weighted by Gasteiger charge is -2.00. The molecule has 4 aromatic carbocycles. The largest absolute Gasteiger partial charge is 0.477 e. The van der Waals surface area contributed by atoms with Crippen molar-refractivity contribution in [3.63, 3.8) is 0 Å². The number of aromatic carboxylic acids is 2. The maximum atomic E-state index is 11.6. The molecule has 0 spiro atoms. The summed E-state index contributed by atoms with van der Waals surface area (Å²) in [5, 5.41) is 20.3. The predicted octanol–water partition coefficient (Wildman–Crippen LogP) is 8.31. The molecule has 4 heterocycles. The average Bonchev–Trinajstić information content (AvgIpc) is 3.89. The van der Waals surface area contributed by atoms with Gasteiger partial charge in [0, 0.05) is 11.1 Å². The first-order chi connectivity index (χ1) is 23.3. The van der Waals surface area contributed by atoms with E-state index in [-0.39, 0.29) is 9.75 Å². The first-order valence-corrected chi connectivity index (χ1v) is 16.4. The highest BCUT2D eigenvalue weighted by Crippen LogP contribution is 2.33. The van der Waals surface area contributed by atoms with Gasteiger partial charge in [-0.05, 0) is 49.2 Å². The van der Waals surface area contributed by atoms with Gasteiger partial charge in [-0.25, -0.2) is 29.5 Å². The smallest absolute Gasteiger partial charge is 0.348 e. The van der Waals surface area contributed by atoms with Crippen LogP contribution in [0.3, 0.4) is 0 Å². The van der Waals surface area contributed by atoms with Crippen molar-refractivity contribution in [2.75, 3.05) is 0 Å². The molecule has 0 unspecified atom stereocenters. The molecule has 0 amide bonds. The first kappa shape index (κ1) is 30.7. The number of aryl methyl sites for hydroxylation is 2. The Morgan fingerprint density at radius 1 is 0.583 bits per heavy atom. The van der Waals surface area contributed by atoms with E-state index in [1.807, 2.05) is 120 Å². The SMILES string of the molecule is Cc1ccc2c(c1)ncn2-c1nc(-c2ccccc2)c(C(=O)O)s1.Cc1ccc2ncn(-c3nc(-c4ccccc4)c(C(=O)O)s3)c2c1. The average molecular weight is 671 g/mol. The highest BCUT2D eigenvalue weighted by Gasteiger charge is 2.22. The summed E-state index contributed by atoms with van der Waals surface area (Å²) in [4.78, 5) is 41.7. The van der Waals surface area contributed by atoms with Gasteiger partial charge in [0.15, 0.2) is 10.3 Å². The van der Waals surface area contributed by atoms with Crippen LogP contribution in [0, 0.1) is 13.8 Å². The third-order valence-electron chi connectivity index (χ3n) is 7.53. The van der Waals surface area contributed by atoms with E-state index < -0.39 is 11.9 Å². The zero-order valence-electron chi connectivity index (χ0n) is 25.6. The molecule has 0 bridgehead atoms. The van der Waals surface area contributed by atoms with Crippen LogP contribution in [0.15, 0.2) is 110 Å². The third kappa shape index (κ3) is 5.85. The summed E-state index contributed by atoms with van der Waals surface area (Å²) < 4.78 is 3.67. The van der Waals surface area contributed by atoms with Crippen molar-refractivity contribution in [2.45, 2.75) is 13.8 Å². The van der Waals surface area contributed by atoms with Gasteiger partial charge in [-0.15, -0.1) is 0 Å². The fourth-order valence-corrected chi connectivity index (χ4v) is 7.06. The maximum absolute atomic E-state index is 11.6. The predicted molar refractivity (Wildman–Crippen MR) is 188 cm³/mol. The Balaban J connectivity index is 0.000000152. The molecule has 10 nitrogen and oxygen atoms in total. The van der Waals surface area contributed by atoms with Gasteiger partial charge in [-0.2, -0.15) is 0 Å². The van der Waals surface area contributed by atoms with Gasteiger partial charge in [0.1, 0.15) is 22.4 Å². The van der Waals surface area contributed by atoms with Crippen LogP contribution >= 0.6 is 22.7 Å². The number of carboxylic acids is 2. The fraction of sp³-hybridized carbons (Fsp3) is 0.0556. The van der Waals surface area contributed by atoms with E-state index in [1.165, 1.54) is 0 Å². The number of rotatable bonds is 6. The van der Waals surface area contributed by atoms with E-state index in [2.05, 4.69) is 19.9 Å². The van der Waals surface area contributed by atoms with Gasteiger partial charge in [0.25, 0.3) is 0 Å². The monoisotopic (exact) mass is 670 g/mol. The van der Waals surface area contributed by atoms with Crippen LogP contribution in [-0.4, -0.2) is 51.2 Å². The Hall–Kier alpha value is -5.98. The molecule has 0 atom stereocenters. The number of hydrogen-bond donors (Lipinski definition) is 2. The van der Waals surface area contributed by atoms with Crippen LogP contribution < -0.4 is 0 Å². The lowest BCUT2D eigenvalue weighted by molar-refractivity contribution is 0.0691. The van der Waals surface area contributed by atoms with Gasteiger partial charge < -0.3 is 10.2 Å². The van der Waals surface area contributed by atoms with Gasteiger partial charge in [0.2, 0.25) is 0 Å². The minimum Gasteiger partial charge on any atom is -0.477 e. The molecule has 0 radical (unpaired) electrons. The lowest BCUT2D eigenvalue weighted by Crippen LogP contribution is -1.95. The molecule has 0 fully saturated rings. The number of benzene rings is 4. The molecule has 236 valence electrons. The normalized spacial score (nSPS) is 11.0. The second kappa shape index (κ2) is 12.7. The quantitative estimate of drug-likeness (QED) is 0.180. The Kier molecular flexibility index (Phi) is 8.09. The Labute approximate surface area is 281 Å². The summed E-state index contributed by atoms with van der Waals surface area (Å²) in [6, 6.07) is 30.7. The highest BCUT2D eigenvalue weighted by atomic mass is 32.1. The maximum Gasteiger partial charge on any atom is 0.348 e. The number of nitrogens with zero attached hydrogens (tertiary/aromatic N) is 6. The number of imidazole rings is 2. The summed E-state index contributed by atoms with van der Waals surface area (Å²) in [7, 11) is 0. The van der Waals surface area contributed by atoms with Crippen molar-refractivity contribution in [1.29, 1.82) is 0 Å². The van der Waals surface area contributed by atoms with Crippen molar-refractivity contribution in [3.05, 3.63) is 131 Å². The molecule has 48 heavy (non-hydrogen) atoms. The minimum atomic E-state index is -0.974. The second-order valence-corrected chi connectivity index (χ2v) is 12.9. The van der Waals surface area contributed by atoms with Gasteiger partial charge >= 0.3 is 11.9 Å². The Morgan fingerprint density at radius 3 is 1.60 bits per heavy atom. The molecular weight excluding hydrogens is 645 g/mol. The molecule has 4 aromatic heterocycles. The van der Waals surface area contributed by atoms with Gasteiger partial charge in [-0.3, -0.25) is 9.13 Å². The van der Waals surface area contributed by atoms with E-state index in [4.69, 9.17) is 0 Å². The molecule has 2 N–H and O–H groups in total. The molecule has 8 aromatic rings. The van der Waals surface area contributed by atoms with Crippen LogP contribution in [0.25, 0.3) is 54.8 Å². The molecule has 12 heteroatoms. The zero-order chi connectivity index (χ0) is 33.4. The number of hydrogen-bond acceptors (Lipinski definition) is 8. The summed E-state index contributed by atoms with van der Waals surface area (Å²) in [5.41, 5.74) is 8.33. The number of carboxylic acid groups (broad SMARTS) is 2. The van der Waals surface area contributed by atoms with Crippen LogP contribution in [0.2, 0.25) is 0 Å². The van der Waals surface area contributed by atoms with Gasteiger partial charge in [0.05, 0.1) is 33.5 Å². The number of fused-ring (bicyclic) bond motifs is 2. The number of aromatic nitrogens is 6. The van der Waals surface area contributed by atoms with Crippen LogP contribution in [0.4, 0.5) is 0 Å². The Bertz CT molecular complexity index is 2450. The van der Waals surface area contributed by atoms with E-state index >= 15 is 0 Å². The highest BCUT2D eigenvalue weighted by molar-refractivity contribution is 7.16. The molecular formula is C36H26N6O4S2. The third-order valence-corrected chi connectivity index (χ3v) is 9.62. The Morgan fingerprint density at radius 2 is 1.06 bits per heavy atom. The van der Waals surface area contributed by atoms with Crippen molar-refractivity contribution in [1.82, 2.24) is 29.1 Å². The standard InChI is InChI=1S/2C18H13N3O2S/c1-11-7-8-14-13(9-11)19-10-21(14)18-20-15(16(24-18)17(22)23)12-5-3-2-4-6-12;1-11-7-8-13-14(9-11)21(10-19-13)18-20-15(16(24-18)17(22)23)12-5-3-2-4-6-12/h2*2-10H,1H3,(H,22,23). The number of carbonyl (C=O) groups is 2. The van der Waals surface area contributed by atoms with Crippen LogP contribution in [-0.2, 0) is 0 Å². The van der Waals surface area contributed by atoms with Crippen molar-refractivity contribution in [3.8, 4) is 32.8 Å². The zero-order valence-corrected chi connectivity index (χ0v) is 27.2. The van der Waals surface area contributed by atoms with E-state index in [1.54, 1.807) is 12.7 Å². The molecule has 8 rings (SSSR count). The molecule has 0 aliphatic rings. The van der Waals surface area contributed by atoms with E-state index in [0.29, 0.717) is 21.7 Å². The van der Waals surface area contributed by atoms with Crippen LogP contribution in [0.5, 0.6) is 0 Å². The fourth-order valence-electron chi connectivity index (χ4n) is 5.24. The topological polar surface area (TPSA) is 136 Å². The van der Waals surface area contributed by atoms with E-state index in [0.717, 1.165) is 67.0 Å². The first-order valence-electron chi connectivity index (χ1n) is 14.7. The summed E-state index contributed by atoms with van der Waals surface area (Å²) in [5.74, 6) is -1.95. The van der Waals surface area contributed by atoms with Gasteiger partial charge in [-0.1, -0.05) is 95.5 Å². The summed E-state index contributed by atoms with van der Waals surface area (Å²) >= 11 is 2.30. The molecule has 0 saturated carbocycles. The summed E-state index contributed by atoms with van der Waals surface area (Å²) in [6.07, 6.45) is 3.37. The molecule has 0 aliphatic carbocycles. The lowest BCUT2D eigenvalue weighted by atomic mass is 10.1. The van der Waals surface area contributed by atoms with Crippen molar-refractivity contribution < 1.29 is 19.8 Å². The summed E-state index contributed by atoms with van der Waals surface area (Å²) in [6.45, 7) is 4.02. The second-order valence-electron chi connectivity index (χ2n) is 10.9. The minimum absolute atomic E-state index is 0.227. The van der Waals surface area contributed by atoms with Crippen molar-refractivity contribution >= 4 is 56.7 Å². The molecule has 0 saturated heterocycles. The number of thiazole rings is 2. The van der Waals surface area contributed by atoms with E-state index in [9.17, 15) is 19.8 Å². The van der Waals surface area contributed by atoms with Crippen molar-refractivity contribution in [2.24, 2.45) is 0 Å².